The van der Waals surface area contributed by atoms with Crippen molar-refractivity contribution >= 4 is 29.1 Å². The summed E-state index contributed by atoms with van der Waals surface area (Å²) in [5.41, 5.74) is 6.79. The van der Waals surface area contributed by atoms with Gasteiger partial charge in [0.2, 0.25) is 6.71 Å². The lowest BCUT2D eigenvalue weighted by molar-refractivity contribution is -0.692. The summed E-state index contributed by atoms with van der Waals surface area (Å²) in [5.74, 6) is 3.74. The molecule has 3 aromatic rings. The second-order valence-electron chi connectivity index (χ2n) is 6.87. The third-order valence-electron chi connectivity index (χ3n) is 5.42. The molecule has 1 aromatic heterocycles. The normalized spacial score (nSPS) is 15.2. The van der Waals surface area contributed by atoms with Crippen LogP contribution in [0.25, 0.3) is 0 Å². The van der Waals surface area contributed by atoms with Gasteiger partial charge in [0.05, 0.1) is 6.54 Å². The molecule has 0 saturated heterocycles. The molecule has 3 heterocycles. The maximum absolute atomic E-state index is 2.46. The summed E-state index contributed by atoms with van der Waals surface area (Å²) in [5, 5.41) is 0. The van der Waals surface area contributed by atoms with Gasteiger partial charge in [-0.05, 0) is 24.5 Å². The fourth-order valence-corrected chi connectivity index (χ4v) is 4.21. The standard InChI is InChI=1S/C22H20BN2/c1-17-8-7-13-22-24(17)15-14-19-16-23(18-9-3-2-4-10-18)20-11-5-6-12-21(20)25(19)22/h2-13,16H,14-15H2,1H3/q+1. The van der Waals surface area contributed by atoms with Crippen LogP contribution in [0.4, 0.5) is 11.5 Å². The molecule has 0 bridgehead atoms. The average molecular weight is 323 g/mol. The lowest BCUT2D eigenvalue weighted by Crippen LogP contribution is -2.53. The number of aryl methyl sites for hydroxylation is 1. The molecular formula is C22H20BN2+. The topological polar surface area (TPSA) is 7.12 Å². The van der Waals surface area contributed by atoms with Crippen molar-refractivity contribution in [2.45, 2.75) is 19.9 Å². The van der Waals surface area contributed by atoms with Gasteiger partial charge in [0.25, 0.3) is 5.82 Å². The Balaban J connectivity index is 1.73. The molecular weight excluding hydrogens is 303 g/mol. The molecule has 25 heavy (non-hydrogen) atoms. The van der Waals surface area contributed by atoms with Gasteiger partial charge in [0, 0.05) is 12.5 Å². The van der Waals surface area contributed by atoms with E-state index in [0.717, 1.165) is 13.0 Å². The van der Waals surface area contributed by atoms with Gasteiger partial charge in [-0.25, -0.2) is 4.57 Å². The first kappa shape index (κ1) is 14.5. The van der Waals surface area contributed by atoms with Crippen LogP contribution >= 0.6 is 0 Å². The molecule has 2 nitrogen and oxygen atoms in total. The van der Waals surface area contributed by atoms with Crippen LogP contribution in [0.1, 0.15) is 12.1 Å². The van der Waals surface area contributed by atoms with E-state index in [1.165, 1.54) is 33.8 Å². The number of pyridine rings is 1. The van der Waals surface area contributed by atoms with Crippen molar-refractivity contribution < 1.29 is 4.57 Å². The Labute approximate surface area is 149 Å². The number of fused-ring (bicyclic) bond motifs is 5. The highest BCUT2D eigenvalue weighted by Gasteiger charge is 2.39. The lowest BCUT2D eigenvalue weighted by atomic mass is 9.39. The minimum Gasteiger partial charge on any atom is -0.231 e. The van der Waals surface area contributed by atoms with Gasteiger partial charge in [-0.1, -0.05) is 66.0 Å². The van der Waals surface area contributed by atoms with Crippen LogP contribution in [-0.2, 0) is 6.54 Å². The molecule has 120 valence electrons. The van der Waals surface area contributed by atoms with Gasteiger partial charge >= 0.3 is 0 Å². The predicted octanol–water partition coefficient (Wildman–Crippen LogP) is 2.87. The Morgan fingerprint density at radius 2 is 1.68 bits per heavy atom. The quantitative estimate of drug-likeness (QED) is 0.493. The van der Waals surface area contributed by atoms with Crippen molar-refractivity contribution in [3.05, 3.63) is 90.2 Å². The molecule has 2 aliphatic heterocycles. The second-order valence-corrected chi connectivity index (χ2v) is 6.87. The van der Waals surface area contributed by atoms with Gasteiger partial charge < -0.3 is 0 Å². The highest BCUT2D eigenvalue weighted by molar-refractivity contribution is 6.90. The molecule has 0 N–H and O–H groups in total. The summed E-state index contributed by atoms with van der Waals surface area (Å²) in [6, 6.07) is 26.3. The first-order chi connectivity index (χ1) is 12.3. The van der Waals surface area contributed by atoms with E-state index < -0.39 is 0 Å². The fraction of sp³-hybridized carbons (Fsp3) is 0.136. The van der Waals surface area contributed by atoms with Gasteiger partial charge in [-0.15, -0.1) is 0 Å². The van der Waals surface area contributed by atoms with E-state index in [9.17, 15) is 0 Å². The van der Waals surface area contributed by atoms with Gasteiger partial charge in [0.15, 0.2) is 0 Å². The van der Waals surface area contributed by atoms with Crippen molar-refractivity contribution in [2.24, 2.45) is 0 Å². The summed E-state index contributed by atoms with van der Waals surface area (Å²) >= 11 is 0. The average Bonchev–Trinajstić information content (AvgIpc) is 2.68. The lowest BCUT2D eigenvalue weighted by Gasteiger charge is -2.33. The highest BCUT2D eigenvalue weighted by Crippen LogP contribution is 2.34. The zero-order valence-electron chi connectivity index (χ0n) is 14.4. The number of anilines is 2. The number of benzene rings is 2. The number of nitrogens with zero attached hydrogens (tertiary/aromatic N) is 2. The SMILES string of the molecule is Cc1cccc2[n+]1CCC1=CB(c3ccccc3)c3ccccc3N12. The molecule has 3 heteroatoms. The molecule has 0 fully saturated rings. The Kier molecular flexibility index (Phi) is 3.27. The molecule has 0 saturated carbocycles. The van der Waals surface area contributed by atoms with Crippen molar-refractivity contribution in [2.75, 3.05) is 4.90 Å². The zero-order valence-corrected chi connectivity index (χ0v) is 14.4. The van der Waals surface area contributed by atoms with Crippen LogP contribution in [0.15, 0.2) is 84.5 Å². The molecule has 0 unspecified atom stereocenters. The number of hydrogen-bond donors (Lipinski definition) is 0. The van der Waals surface area contributed by atoms with Crippen LogP contribution < -0.4 is 20.4 Å². The van der Waals surface area contributed by atoms with E-state index >= 15 is 0 Å². The smallest absolute Gasteiger partial charge is 0.231 e. The first-order valence-corrected chi connectivity index (χ1v) is 8.97. The Hall–Kier alpha value is -2.81. The van der Waals surface area contributed by atoms with Crippen LogP contribution in [-0.4, -0.2) is 6.71 Å². The first-order valence-electron chi connectivity index (χ1n) is 8.97. The van der Waals surface area contributed by atoms with Crippen LogP contribution in [0.2, 0.25) is 0 Å². The molecule has 0 atom stereocenters. The largest absolute Gasteiger partial charge is 0.286 e. The van der Waals surface area contributed by atoms with Gasteiger partial charge in [-0.3, -0.25) is 0 Å². The Bertz CT molecular complexity index is 978. The molecule has 0 radical (unpaired) electrons. The second kappa shape index (κ2) is 5.63. The van der Waals surface area contributed by atoms with Crippen molar-refractivity contribution in [3.8, 4) is 0 Å². The van der Waals surface area contributed by atoms with Gasteiger partial charge in [-0.2, -0.15) is 4.90 Å². The third-order valence-corrected chi connectivity index (χ3v) is 5.42. The van der Waals surface area contributed by atoms with Crippen LogP contribution in [0, 0.1) is 6.92 Å². The van der Waals surface area contributed by atoms with E-state index in [4.69, 9.17) is 0 Å². The van der Waals surface area contributed by atoms with E-state index in [1.807, 2.05) is 0 Å². The van der Waals surface area contributed by atoms with Gasteiger partial charge in [0.1, 0.15) is 17.1 Å². The monoisotopic (exact) mass is 323 g/mol. The molecule has 2 aliphatic rings. The zero-order chi connectivity index (χ0) is 16.8. The summed E-state index contributed by atoms with van der Waals surface area (Å²) in [6.45, 7) is 3.58. The Morgan fingerprint density at radius 1 is 0.880 bits per heavy atom. The van der Waals surface area contributed by atoms with Crippen LogP contribution in [0.5, 0.6) is 0 Å². The summed E-state index contributed by atoms with van der Waals surface area (Å²) in [4.78, 5) is 2.45. The maximum atomic E-state index is 2.46. The number of allylic oxidation sites excluding steroid dienone is 1. The molecule has 0 aliphatic carbocycles. The maximum Gasteiger partial charge on any atom is 0.286 e. The fourth-order valence-electron chi connectivity index (χ4n) is 4.21. The summed E-state index contributed by atoms with van der Waals surface area (Å²) < 4.78 is 2.43. The Morgan fingerprint density at radius 3 is 2.56 bits per heavy atom. The molecule has 0 amide bonds. The number of rotatable bonds is 1. The van der Waals surface area contributed by atoms with Crippen molar-refractivity contribution in [1.82, 2.24) is 0 Å². The number of para-hydroxylation sites is 1. The third kappa shape index (κ3) is 2.23. The minimum absolute atomic E-state index is 0.333. The molecule has 2 aromatic carbocycles. The minimum atomic E-state index is 0.333. The van der Waals surface area contributed by atoms with E-state index in [1.54, 1.807) is 0 Å². The highest BCUT2D eigenvalue weighted by atomic mass is 15.3. The number of aromatic nitrogens is 1. The van der Waals surface area contributed by atoms with Crippen molar-refractivity contribution in [1.29, 1.82) is 0 Å². The van der Waals surface area contributed by atoms with Crippen molar-refractivity contribution in [3.63, 3.8) is 0 Å². The summed E-state index contributed by atoms with van der Waals surface area (Å²) in [6.07, 6.45) is 1.07. The number of hydrogen-bond acceptors (Lipinski definition) is 1. The molecule has 0 spiro atoms. The van der Waals surface area contributed by atoms with E-state index in [-0.39, 0.29) is 0 Å². The summed E-state index contributed by atoms with van der Waals surface area (Å²) in [7, 11) is 0. The van der Waals surface area contributed by atoms with E-state index in [0.29, 0.717) is 6.71 Å². The van der Waals surface area contributed by atoms with Crippen LogP contribution in [0.3, 0.4) is 0 Å². The van der Waals surface area contributed by atoms with E-state index in [2.05, 4.69) is 95.2 Å². The molecule has 5 rings (SSSR count). The predicted molar refractivity (Wildman–Crippen MR) is 104 cm³/mol.